The molecule has 6 nitrogen and oxygen atoms in total. The van der Waals surface area contributed by atoms with Gasteiger partial charge >= 0.3 is 5.97 Å². The fraction of sp³-hybridized carbons (Fsp3) is 0.545. The quantitative estimate of drug-likeness (QED) is 0.779. The van der Waals surface area contributed by atoms with Crippen LogP contribution in [0.5, 0.6) is 0 Å². The predicted octanol–water partition coefficient (Wildman–Crippen LogP) is 1.13. The highest BCUT2D eigenvalue weighted by molar-refractivity contribution is 8.02. The van der Waals surface area contributed by atoms with E-state index in [1.807, 2.05) is 0 Å². The number of nitrogens with zero attached hydrogens (tertiary/aromatic N) is 1. The molecule has 19 heavy (non-hydrogen) atoms. The van der Waals surface area contributed by atoms with E-state index in [-0.39, 0.29) is 11.4 Å². The maximum absolute atomic E-state index is 12.5. The summed E-state index contributed by atoms with van der Waals surface area (Å²) < 4.78 is 36.2. The molecule has 0 bridgehead atoms. The highest BCUT2D eigenvalue weighted by Crippen LogP contribution is 2.32. The molecule has 1 aliphatic heterocycles. The molecule has 1 fully saturated rings. The largest absolute Gasteiger partial charge is 0.467 e. The zero-order chi connectivity index (χ0) is 14.2. The number of hydrogen-bond donors (Lipinski definition) is 0. The van der Waals surface area contributed by atoms with Gasteiger partial charge in [0.15, 0.2) is 5.37 Å². The van der Waals surface area contributed by atoms with Crippen LogP contribution in [0.4, 0.5) is 0 Å². The Labute approximate surface area is 116 Å². The Kier molecular flexibility index (Phi) is 3.93. The second-order valence-electron chi connectivity index (χ2n) is 4.14. The molecule has 0 amide bonds. The van der Waals surface area contributed by atoms with Crippen LogP contribution in [0.15, 0.2) is 15.4 Å². The van der Waals surface area contributed by atoms with Gasteiger partial charge in [-0.3, -0.25) is 0 Å². The zero-order valence-corrected chi connectivity index (χ0v) is 12.5. The summed E-state index contributed by atoms with van der Waals surface area (Å²) in [5, 5.41) is -0.815. The van der Waals surface area contributed by atoms with Gasteiger partial charge in [0.05, 0.1) is 7.11 Å². The van der Waals surface area contributed by atoms with Crippen molar-refractivity contribution < 1.29 is 22.4 Å². The normalized spacial score (nSPS) is 20.7. The Morgan fingerprint density at radius 3 is 2.74 bits per heavy atom. The summed E-state index contributed by atoms with van der Waals surface area (Å²) in [6.45, 7) is 3.56. The molecule has 1 aromatic heterocycles. The van der Waals surface area contributed by atoms with Crippen molar-refractivity contribution in [1.82, 2.24) is 4.31 Å². The molecule has 2 heterocycles. The number of esters is 1. The fourth-order valence-corrected chi connectivity index (χ4v) is 5.29. The molecule has 1 atom stereocenters. The third kappa shape index (κ3) is 2.52. The minimum Gasteiger partial charge on any atom is -0.467 e. The molecular formula is C11H15NO5S2. The Bertz CT molecular complexity index is 592. The number of sulfonamides is 1. The monoisotopic (exact) mass is 305 g/mol. The molecule has 2 rings (SSSR count). The number of thioether (sulfide) groups is 1. The first-order valence-electron chi connectivity index (χ1n) is 5.66. The van der Waals surface area contributed by atoms with Crippen molar-refractivity contribution in [2.75, 3.05) is 19.4 Å². The second-order valence-corrected chi connectivity index (χ2v) is 7.19. The van der Waals surface area contributed by atoms with Gasteiger partial charge in [-0.2, -0.15) is 4.31 Å². The van der Waals surface area contributed by atoms with Crippen molar-refractivity contribution in [3.63, 3.8) is 0 Å². The van der Waals surface area contributed by atoms with Gasteiger partial charge in [-0.1, -0.05) is 0 Å². The highest BCUT2D eigenvalue weighted by Gasteiger charge is 2.42. The SMILES string of the molecule is COC(=O)C1SCCN1S(=O)(=O)c1cc(C)oc1C. The van der Waals surface area contributed by atoms with E-state index in [1.165, 1.54) is 29.2 Å². The smallest absolute Gasteiger partial charge is 0.334 e. The van der Waals surface area contributed by atoms with E-state index in [1.54, 1.807) is 13.8 Å². The van der Waals surface area contributed by atoms with Gasteiger partial charge in [-0.05, 0) is 19.9 Å². The number of carbonyl (C=O) groups excluding carboxylic acids is 1. The number of rotatable bonds is 3. The molecule has 0 radical (unpaired) electrons. The standard InChI is InChI=1S/C11H15NO5S2/c1-7-6-9(8(2)17-7)19(14,15)12-4-5-18-10(12)11(13)16-3/h6,10H,4-5H2,1-3H3. The summed E-state index contributed by atoms with van der Waals surface area (Å²) >= 11 is 1.26. The first-order chi connectivity index (χ1) is 8.87. The van der Waals surface area contributed by atoms with Gasteiger partial charge in [0, 0.05) is 12.3 Å². The van der Waals surface area contributed by atoms with Gasteiger partial charge in [-0.25, -0.2) is 13.2 Å². The molecule has 1 aliphatic rings. The van der Waals surface area contributed by atoms with Crippen LogP contribution in [0.3, 0.4) is 0 Å². The average molecular weight is 305 g/mol. The van der Waals surface area contributed by atoms with Crippen molar-refractivity contribution in [2.24, 2.45) is 0 Å². The van der Waals surface area contributed by atoms with Crippen LogP contribution < -0.4 is 0 Å². The van der Waals surface area contributed by atoms with Crippen molar-refractivity contribution in [3.05, 3.63) is 17.6 Å². The van der Waals surface area contributed by atoms with Crippen molar-refractivity contribution >= 4 is 27.8 Å². The number of methoxy groups -OCH3 is 1. The minimum absolute atomic E-state index is 0.112. The number of hydrogen-bond acceptors (Lipinski definition) is 6. The first-order valence-corrected chi connectivity index (χ1v) is 8.15. The highest BCUT2D eigenvalue weighted by atomic mass is 32.2. The number of carbonyl (C=O) groups is 1. The molecule has 106 valence electrons. The second kappa shape index (κ2) is 5.18. The summed E-state index contributed by atoms with van der Waals surface area (Å²) in [6, 6.07) is 1.47. The van der Waals surface area contributed by atoms with E-state index < -0.39 is 21.4 Å². The summed E-state index contributed by atoms with van der Waals surface area (Å²) in [5.41, 5.74) is 0. The predicted molar refractivity (Wildman–Crippen MR) is 70.3 cm³/mol. The lowest BCUT2D eigenvalue weighted by atomic mass is 10.4. The van der Waals surface area contributed by atoms with E-state index in [9.17, 15) is 13.2 Å². The van der Waals surface area contributed by atoms with Crippen molar-refractivity contribution in [3.8, 4) is 0 Å². The zero-order valence-electron chi connectivity index (χ0n) is 10.9. The van der Waals surface area contributed by atoms with Crippen molar-refractivity contribution in [2.45, 2.75) is 24.1 Å². The third-order valence-corrected chi connectivity index (χ3v) is 6.12. The molecule has 0 N–H and O–H groups in total. The number of ether oxygens (including phenoxy) is 1. The van der Waals surface area contributed by atoms with Gasteiger partial charge in [0.25, 0.3) is 0 Å². The molecule has 0 aromatic carbocycles. The summed E-state index contributed by atoms with van der Waals surface area (Å²) in [6.07, 6.45) is 0. The first kappa shape index (κ1) is 14.4. The summed E-state index contributed by atoms with van der Waals surface area (Å²) in [7, 11) is -2.49. The maximum atomic E-state index is 12.5. The van der Waals surface area contributed by atoms with Crippen molar-refractivity contribution in [1.29, 1.82) is 0 Å². The fourth-order valence-electron chi connectivity index (χ4n) is 1.98. The van der Waals surface area contributed by atoms with E-state index in [2.05, 4.69) is 4.74 Å². The molecule has 1 aromatic rings. The third-order valence-electron chi connectivity index (χ3n) is 2.83. The van der Waals surface area contributed by atoms with Gasteiger partial charge in [0.2, 0.25) is 10.0 Å². The van der Waals surface area contributed by atoms with Crippen LogP contribution in [0.25, 0.3) is 0 Å². The van der Waals surface area contributed by atoms with E-state index >= 15 is 0 Å². The van der Waals surface area contributed by atoms with Gasteiger partial charge in [-0.15, -0.1) is 11.8 Å². The lowest BCUT2D eigenvalue weighted by molar-refractivity contribution is -0.141. The Morgan fingerprint density at radius 2 is 2.21 bits per heavy atom. The van der Waals surface area contributed by atoms with Crippen LogP contribution in [0.1, 0.15) is 11.5 Å². The average Bonchev–Trinajstić information content (AvgIpc) is 2.95. The number of furan rings is 1. The van der Waals surface area contributed by atoms with Gasteiger partial charge in [0.1, 0.15) is 16.4 Å². The van der Waals surface area contributed by atoms with E-state index in [0.717, 1.165) is 0 Å². The molecule has 0 saturated carbocycles. The molecule has 0 spiro atoms. The molecule has 8 heteroatoms. The van der Waals surface area contributed by atoms with Crippen LogP contribution in [-0.4, -0.2) is 43.5 Å². The molecule has 0 aliphatic carbocycles. The Hall–Kier alpha value is -0.990. The summed E-state index contributed by atoms with van der Waals surface area (Å²) in [4.78, 5) is 11.7. The number of aryl methyl sites for hydroxylation is 2. The van der Waals surface area contributed by atoms with Crippen LogP contribution in [0.2, 0.25) is 0 Å². The van der Waals surface area contributed by atoms with Crippen LogP contribution >= 0.6 is 11.8 Å². The summed E-state index contributed by atoms with van der Waals surface area (Å²) in [5.74, 6) is 0.869. The van der Waals surface area contributed by atoms with Crippen LogP contribution in [-0.2, 0) is 19.6 Å². The molecule has 1 unspecified atom stereocenters. The molecule has 1 saturated heterocycles. The topological polar surface area (TPSA) is 76.8 Å². The lowest BCUT2D eigenvalue weighted by Crippen LogP contribution is -2.40. The maximum Gasteiger partial charge on any atom is 0.334 e. The van der Waals surface area contributed by atoms with Crippen LogP contribution in [0, 0.1) is 13.8 Å². The lowest BCUT2D eigenvalue weighted by Gasteiger charge is -2.20. The Balaban J connectivity index is 2.39. The van der Waals surface area contributed by atoms with Gasteiger partial charge < -0.3 is 9.15 Å². The Morgan fingerprint density at radius 1 is 1.53 bits per heavy atom. The molecular weight excluding hydrogens is 290 g/mol. The van der Waals surface area contributed by atoms with E-state index in [0.29, 0.717) is 17.3 Å². The minimum atomic E-state index is -3.73. The van der Waals surface area contributed by atoms with E-state index in [4.69, 9.17) is 4.42 Å².